The normalized spacial score (nSPS) is 22.4. The summed E-state index contributed by atoms with van der Waals surface area (Å²) in [6, 6.07) is 0. The van der Waals surface area contributed by atoms with Gasteiger partial charge in [-0.05, 0) is 13.0 Å². The van der Waals surface area contributed by atoms with Crippen LogP contribution >= 0.6 is 15.9 Å². The van der Waals surface area contributed by atoms with Crippen LogP contribution in [-0.2, 0) is 14.3 Å². The van der Waals surface area contributed by atoms with E-state index in [1.165, 1.54) is 6.08 Å². The van der Waals surface area contributed by atoms with Gasteiger partial charge in [-0.3, -0.25) is 4.79 Å². The summed E-state index contributed by atoms with van der Waals surface area (Å²) >= 11 is 3.30. The van der Waals surface area contributed by atoms with Crippen LogP contribution in [0.2, 0.25) is 0 Å². The molecule has 1 heterocycles. The molecular formula is C12H10BrNO3. The van der Waals surface area contributed by atoms with Gasteiger partial charge in [-0.25, -0.2) is 9.79 Å². The summed E-state index contributed by atoms with van der Waals surface area (Å²) in [4.78, 5) is 27.0. The van der Waals surface area contributed by atoms with Crippen LogP contribution in [0.1, 0.15) is 6.92 Å². The first-order chi connectivity index (χ1) is 8.11. The maximum Gasteiger partial charge on any atom is 0.335 e. The zero-order chi connectivity index (χ0) is 12.4. The summed E-state index contributed by atoms with van der Waals surface area (Å²) in [5, 5.41) is 0. The number of carbonyl (C=O) groups is 2. The second-order valence-corrected chi connectivity index (χ2v) is 4.48. The van der Waals surface area contributed by atoms with E-state index in [0.29, 0.717) is 11.3 Å². The van der Waals surface area contributed by atoms with Gasteiger partial charge in [0.1, 0.15) is 0 Å². The zero-order valence-electron chi connectivity index (χ0n) is 9.14. The number of rotatable bonds is 2. The lowest BCUT2D eigenvalue weighted by atomic mass is 9.88. The lowest BCUT2D eigenvalue weighted by Gasteiger charge is -2.21. The van der Waals surface area contributed by atoms with Crippen molar-refractivity contribution in [2.24, 2.45) is 10.9 Å². The molecule has 5 heteroatoms. The van der Waals surface area contributed by atoms with Crippen molar-refractivity contribution >= 4 is 33.5 Å². The lowest BCUT2D eigenvalue weighted by molar-refractivity contribution is -0.139. The monoisotopic (exact) mass is 295 g/mol. The molecule has 0 bridgehead atoms. The Morgan fingerprint density at radius 1 is 1.53 bits per heavy atom. The van der Waals surface area contributed by atoms with E-state index < -0.39 is 11.9 Å². The average Bonchev–Trinajstić information content (AvgIpc) is 2.27. The number of dihydropyridines is 1. The van der Waals surface area contributed by atoms with Crippen molar-refractivity contribution in [1.29, 1.82) is 0 Å². The number of fused-ring (bicyclic) bond motifs is 1. The van der Waals surface area contributed by atoms with Gasteiger partial charge in [-0.1, -0.05) is 28.1 Å². The van der Waals surface area contributed by atoms with Gasteiger partial charge in [-0.15, -0.1) is 0 Å². The number of allylic oxidation sites excluding steroid dienone is 4. The number of nitrogens with zero attached hydrogens (tertiary/aromatic N) is 1. The molecule has 1 aliphatic carbocycles. The Morgan fingerprint density at radius 2 is 2.29 bits per heavy atom. The van der Waals surface area contributed by atoms with Crippen LogP contribution in [0.25, 0.3) is 0 Å². The number of hydrogen-bond donors (Lipinski definition) is 0. The molecule has 0 aromatic carbocycles. The van der Waals surface area contributed by atoms with Crippen molar-refractivity contribution in [2.75, 3.05) is 6.61 Å². The van der Waals surface area contributed by atoms with Gasteiger partial charge < -0.3 is 4.74 Å². The number of carbonyl (C=O) groups excluding carboxylic acids is 2. The van der Waals surface area contributed by atoms with Gasteiger partial charge in [0.05, 0.1) is 23.8 Å². The molecule has 0 aromatic heterocycles. The Labute approximate surface area is 107 Å². The second kappa shape index (κ2) is 4.79. The molecule has 2 aliphatic rings. The molecular weight excluding hydrogens is 286 g/mol. The Kier molecular flexibility index (Phi) is 3.38. The Hall–Kier alpha value is -1.49. The SMILES string of the molecule is CCOC(=O)C1=CC(=O)N=C2C=C(Br)C=CC12. The molecule has 1 aliphatic heterocycles. The molecule has 0 spiro atoms. The first-order valence-corrected chi connectivity index (χ1v) is 5.97. The molecule has 1 amide bonds. The van der Waals surface area contributed by atoms with Gasteiger partial charge >= 0.3 is 5.97 Å². The van der Waals surface area contributed by atoms with Crippen molar-refractivity contribution in [3.63, 3.8) is 0 Å². The van der Waals surface area contributed by atoms with Gasteiger partial charge in [-0.2, -0.15) is 0 Å². The third-order valence-electron chi connectivity index (χ3n) is 2.42. The van der Waals surface area contributed by atoms with Gasteiger partial charge in [0.25, 0.3) is 5.91 Å². The Balaban J connectivity index is 2.34. The number of hydrogen-bond acceptors (Lipinski definition) is 3. The Bertz CT molecular complexity index is 500. The van der Waals surface area contributed by atoms with Gasteiger partial charge in [0, 0.05) is 10.6 Å². The van der Waals surface area contributed by atoms with Crippen molar-refractivity contribution in [2.45, 2.75) is 6.92 Å². The average molecular weight is 296 g/mol. The number of esters is 1. The predicted octanol–water partition coefficient (Wildman–Crippen LogP) is 1.92. The first-order valence-electron chi connectivity index (χ1n) is 5.18. The van der Waals surface area contributed by atoms with Crippen molar-refractivity contribution in [1.82, 2.24) is 0 Å². The fraction of sp³-hybridized carbons (Fsp3) is 0.250. The molecule has 0 aromatic rings. The fourth-order valence-electron chi connectivity index (χ4n) is 1.71. The van der Waals surface area contributed by atoms with E-state index >= 15 is 0 Å². The highest BCUT2D eigenvalue weighted by Crippen LogP contribution is 2.27. The van der Waals surface area contributed by atoms with E-state index in [-0.39, 0.29) is 12.5 Å². The molecule has 0 saturated carbocycles. The molecule has 0 radical (unpaired) electrons. The topological polar surface area (TPSA) is 55.7 Å². The van der Waals surface area contributed by atoms with E-state index in [0.717, 1.165) is 4.48 Å². The molecule has 0 saturated heterocycles. The van der Waals surface area contributed by atoms with Gasteiger partial charge in [0.2, 0.25) is 0 Å². The largest absolute Gasteiger partial charge is 0.463 e. The lowest BCUT2D eigenvalue weighted by Crippen LogP contribution is -2.27. The molecule has 2 rings (SSSR count). The maximum absolute atomic E-state index is 11.7. The Morgan fingerprint density at radius 3 is 3.00 bits per heavy atom. The van der Waals surface area contributed by atoms with Crippen LogP contribution in [0.5, 0.6) is 0 Å². The number of amides is 1. The van der Waals surface area contributed by atoms with E-state index in [9.17, 15) is 9.59 Å². The van der Waals surface area contributed by atoms with E-state index in [1.807, 2.05) is 12.2 Å². The minimum absolute atomic E-state index is 0.284. The second-order valence-electron chi connectivity index (χ2n) is 3.56. The minimum atomic E-state index is -0.464. The third kappa shape index (κ3) is 2.44. The van der Waals surface area contributed by atoms with Crippen LogP contribution in [0, 0.1) is 5.92 Å². The first kappa shape index (κ1) is 12.0. The van der Waals surface area contributed by atoms with Crippen molar-refractivity contribution in [3.8, 4) is 0 Å². The smallest absolute Gasteiger partial charge is 0.335 e. The van der Waals surface area contributed by atoms with E-state index in [1.54, 1.807) is 13.0 Å². The maximum atomic E-state index is 11.7. The quantitative estimate of drug-likeness (QED) is 0.732. The zero-order valence-corrected chi connectivity index (χ0v) is 10.7. The number of aliphatic imine (C=N–C) groups is 1. The minimum Gasteiger partial charge on any atom is -0.463 e. The van der Waals surface area contributed by atoms with Crippen LogP contribution in [0.15, 0.2) is 39.4 Å². The summed E-state index contributed by atoms with van der Waals surface area (Å²) < 4.78 is 5.75. The van der Waals surface area contributed by atoms with E-state index in [4.69, 9.17) is 4.74 Å². The number of ether oxygens (including phenoxy) is 1. The summed E-state index contributed by atoms with van der Waals surface area (Å²) in [6.07, 6.45) is 6.61. The number of halogens is 1. The molecule has 0 fully saturated rings. The predicted molar refractivity (Wildman–Crippen MR) is 66.8 cm³/mol. The van der Waals surface area contributed by atoms with Crippen LogP contribution < -0.4 is 0 Å². The third-order valence-corrected chi connectivity index (χ3v) is 2.91. The molecule has 1 atom stereocenters. The summed E-state index contributed by atoms with van der Waals surface area (Å²) in [6.45, 7) is 2.01. The fourth-order valence-corrected chi connectivity index (χ4v) is 2.10. The van der Waals surface area contributed by atoms with Crippen LogP contribution in [-0.4, -0.2) is 24.2 Å². The van der Waals surface area contributed by atoms with Gasteiger partial charge in [0.15, 0.2) is 0 Å². The standard InChI is InChI=1S/C12H10BrNO3/c1-2-17-12(16)9-6-11(15)14-10-5-7(13)3-4-8(9)10/h3-6,8H,2H2,1H3. The highest BCUT2D eigenvalue weighted by atomic mass is 79.9. The molecule has 0 N–H and O–H groups in total. The summed E-state index contributed by atoms with van der Waals surface area (Å²) in [7, 11) is 0. The van der Waals surface area contributed by atoms with Crippen molar-refractivity contribution in [3.05, 3.63) is 34.4 Å². The highest BCUT2D eigenvalue weighted by Gasteiger charge is 2.30. The highest BCUT2D eigenvalue weighted by molar-refractivity contribution is 9.11. The van der Waals surface area contributed by atoms with Crippen LogP contribution in [0.4, 0.5) is 0 Å². The molecule has 88 valence electrons. The molecule has 1 unspecified atom stereocenters. The summed E-state index contributed by atoms with van der Waals surface area (Å²) in [5.41, 5.74) is 0.907. The summed E-state index contributed by atoms with van der Waals surface area (Å²) in [5.74, 6) is -1.17. The molecule has 17 heavy (non-hydrogen) atoms. The van der Waals surface area contributed by atoms with E-state index in [2.05, 4.69) is 20.9 Å². The molecule has 4 nitrogen and oxygen atoms in total. The van der Waals surface area contributed by atoms with Crippen LogP contribution in [0.3, 0.4) is 0 Å². The van der Waals surface area contributed by atoms with Crippen molar-refractivity contribution < 1.29 is 14.3 Å².